The molecule has 1 aliphatic rings. The predicted octanol–water partition coefficient (Wildman–Crippen LogP) is 5.50. The molecule has 0 radical (unpaired) electrons. The van der Waals surface area contributed by atoms with E-state index in [0.717, 1.165) is 17.5 Å². The average Bonchev–Trinajstić information content (AvgIpc) is 2.59. The van der Waals surface area contributed by atoms with Crippen LogP contribution in [0.3, 0.4) is 0 Å². The summed E-state index contributed by atoms with van der Waals surface area (Å²) in [6.45, 7) is 4.64. The first-order valence-corrected chi connectivity index (χ1v) is 7.65. The van der Waals surface area contributed by atoms with E-state index in [9.17, 15) is 4.39 Å². The van der Waals surface area contributed by atoms with Gasteiger partial charge in [0.1, 0.15) is 5.82 Å². The minimum Gasteiger partial charge on any atom is -0.382 e. The molecule has 0 aliphatic heterocycles. The Labute approximate surface area is 120 Å². The van der Waals surface area contributed by atoms with Crippen molar-refractivity contribution in [3.8, 4) is 0 Å². The lowest BCUT2D eigenvalue weighted by atomic mass is 9.89. The van der Waals surface area contributed by atoms with E-state index < -0.39 is 0 Å². The first-order chi connectivity index (χ1) is 9.06. The molecule has 0 bridgehead atoms. The summed E-state index contributed by atoms with van der Waals surface area (Å²) in [5.74, 6) is 1.27. The molecule has 0 heterocycles. The van der Waals surface area contributed by atoms with E-state index >= 15 is 0 Å². The minimum atomic E-state index is -0.354. The molecule has 1 fully saturated rings. The highest BCUT2D eigenvalue weighted by molar-refractivity contribution is 6.31. The number of halogens is 2. The second-order valence-corrected chi connectivity index (χ2v) is 6.39. The molecule has 1 aromatic carbocycles. The van der Waals surface area contributed by atoms with Crippen molar-refractivity contribution < 1.29 is 4.39 Å². The SMILES string of the molecule is CC(C)C1CCCC(Nc2ccc(F)c(Cl)c2)CC1. The Morgan fingerprint density at radius 3 is 2.68 bits per heavy atom. The molecule has 0 saturated heterocycles. The van der Waals surface area contributed by atoms with E-state index in [1.54, 1.807) is 12.1 Å². The van der Waals surface area contributed by atoms with Crippen LogP contribution in [0.5, 0.6) is 0 Å². The van der Waals surface area contributed by atoms with E-state index in [-0.39, 0.29) is 10.8 Å². The van der Waals surface area contributed by atoms with Gasteiger partial charge in [-0.25, -0.2) is 4.39 Å². The molecular formula is C16H23ClFN. The summed E-state index contributed by atoms with van der Waals surface area (Å²) >= 11 is 5.81. The van der Waals surface area contributed by atoms with Crippen molar-refractivity contribution in [1.82, 2.24) is 0 Å². The number of benzene rings is 1. The molecule has 1 aromatic rings. The molecule has 0 spiro atoms. The minimum absolute atomic E-state index is 0.193. The van der Waals surface area contributed by atoms with Gasteiger partial charge in [0.25, 0.3) is 0 Å². The Morgan fingerprint density at radius 1 is 1.21 bits per heavy atom. The van der Waals surface area contributed by atoms with Crippen LogP contribution in [0.2, 0.25) is 5.02 Å². The zero-order chi connectivity index (χ0) is 13.8. The Morgan fingerprint density at radius 2 is 2.00 bits per heavy atom. The number of anilines is 1. The summed E-state index contributed by atoms with van der Waals surface area (Å²) in [5.41, 5.74) is 0.930. The lowest BCUT2D eigenvalue weighted by Crippen LogP contribution is -2.18. The van der Waals surface area contributed by atoms with Crippen LogP contribution in [-0.2, 0) is 0 Å². The Balaban J connectivity index is 1.94. The van der Waals surface area contributed by atoms with Crippen LogP contribution < -0.4 is 5.32 Å². The normalized spacial score (nSPS) is 24.3. The van der Waals surface area contributed by atoms with Crippen molar-refractivity contribution in [1.29, 1.82) is 0 Å². The van der Waals surface area contributed by atoms with Crippen molar-refractivity contribution in [2.75, 3.05) is 5.32 Å². The van der Waals surface area contributed by atoms with Gasteiger partial charge in [-0.1, -0.05) is 38.3 Å². The zero-order valence-electron chi connectivity index (χ0n) is 11.8. The molecule has 1 nitrogen and oxygen atoms in total. The van der Waals surface area contributed by atoms with Crippen LogP contribution in [0.15, 0.2) is 18.2 Å². The smallest absolute Gasteiger partial charge is 0.141 e. The van der Waals surface area contributed by atoms with Crippen molar-refractivity contribution in [2.24, 2.45) is 11.8 Å². The molecule has 19 heavy (non-hydrogen) atoms. The van der Waals surface area contributed by atoms with Crippen molar-refractivity contribution in [3.63, 3.8) is 0 Å². The Bertz CT molecular complexity index is 419. The molecular weight excluding hydrogens is 261 g/mol. The average molecular weight is 284 g/mol. The van der Waals surface area contributed by atoms with Gasteiger partial charge in [-0.2, -0.15) is 0 Å². The van der Waals surface area contributed by atoms with Crippen LogP contribution in [-0.4, -0.2) is 6.04 Å². The lowest BCUT2D eigenvalue weighted by molar-refractivity contribution is 0.341. The predicted molar refractivity (Wildman–Crippen MR) is 80.2 cm³/mol. The second-order valence-electron chi connectivity index (χ2n) is 5.98. The van der Waals surface area contributed by atoms with E-state index in [0.29, 0.717) is 6.04 Å². The fraction of sp³-hybridized carbons (Fsp3) is 0.625. The summed E-state index contributed by atoms with van der Waals surface area (Å²) in [5, 5.41) is 3.69. The number of nitrogens with one attached hydrogen (secondary N) is 1. The molecule has 1 N–H and O–H groups in total. The standard InChI is InChI=1S/C16H23ClFN/c1-11(2)12-4-3-5-13(7-6-12)19-14-8-9-16(18)15(17)10-14/h8-13,19H,3-7H2,1-2H3. The highest BCUT2D eigenvalue weighted by atomic mass is 35.5. The molecule has 1 saturated carbocycles. The Hall–Kier alpha value is -0.760. The molecule has 2 rings (SSSR count). The highest BCUT2D eigenvalue weighted by Gasteiger charge is 2.20. The maximum atomic E-state index is 13.1. The van der Waals surface area contributed by atoms with Crippen molar-refractivity contribution in [2.45, 2.75) is 52.0 Å². The highest BCUT2D eigenvalue weighted by Crippen LogP contribution is 2.30. The molecule has 106 valence electrons. The molecule has 1 aliphatic carbocycles. The van der Waals surface area contributed by atoms with Gasteiger partial charge in [0, 0.05) is 11.7 Å². The summed E-state index contributed by atoms with van der Waals surface area (Å²) in [6.07, 6.45) is 6.27. The monoisotopic (exact) mass is 283 g/mol. The number of rotatable bonds is 3. The van der Waals surface area contributed by atoms with Crippen molar-refractivity contribution in [3.05, 3.63) is 29.0 Å². The molecule has 0 amide bonds. The quantitative estimate of drug-likeness (QED) is 0.723. The van der Waals surface area contributed by atoms with E-state index in [2.05, 4.69) is 19.2 Å². The van der Waals surface area contributed by atoms with Gasteiger partial charge in [0.2, 0.25) is 0 Å². The summed E-state index contributed by atoms with van der Waals surface area (Å²) in [7, 11) is 0. The maximum Gasteiger partial charge on any atom is 0.141 e. The van der Waals surface area contributed by atoms with Crippen LogP contribution in [0.25, 0.3) is 0 Å². The van der Waals surface area contributed by atoms with Crippen LogP contribution in [0.1, 0.15) is 46.0 Å². The topological polar surface area (TPSA) is 12.0 Å². The summed E-state index contributed by atoms with van der Waals surface area (Å²) in [4.78, 5) is 0. The first kappa shape index (κ1) is 14.6. The first-order valence-electron chi connectivity index (χ1n) is 7.28. The van der Waals surface area contributed by atoms with E-state index in [1.807, 2.05) is 0 Å². The molecule has 2 unspecified atom stereocenters. The fourth-order valence-corrected chi connectivity index (χ4v) is 3.14. The van der Waals surface area contributed by atoms with Gasteiger partial charge < -0.3 is 5.32 Å². The second kappa shape index (κ2) is 6.60. The maximum absolute atomic E-state index is 13.1. The number of hydrogen-bond donors (Lipinski definition) is 1. The van der Waals surface area contributed by atoms with Gasteiger partial charge in [-0.3, -0.25) is 0 Å². The summed E-state index contributed by atoms with van der Waals surface area (Å²) in [6, 6.07) is 5.37. The Kier molecular flexibility index (Phi) is 5.09. The van der Waals surface area contributed by atoms with Gasteiger partial charge in [-0.05, 0) is 49.3 Å². The van der Waals surface area contributed by atoms with E-state index in [1.165, 1.54) is 38.2 Å². The number of hydrogen-bond acceptors (Lipinski definition) is 1. The van der Waals surface area contributed by atoms with Gasteiger partial charge in [0.15, 0.2) is 0 Å². The zero-order valence-corrected chi connectivity index (χ0v) is 12.5. The molecule has 2 atom stereocenters. The lowest BCUT2D eigenvalue weighted by Gasteiger charge is -2.20. The largest absolute Gasteiger partial charge is 0.382 e. The van der Waals surface area contributed by atoms with Crippen LogP contribution in [0.4, 0.5) is 10.1 Å². The van der Waals surface area contributed by atoms with Gasteiger partial charge in [0.05, 0.1) is 5.02 Å². The fourth-order valence-electron chi connectivity index (χ4n) is 2.96. The molecule has 3 heteroatoms. The summed E-state index contributed by atoms with van der Waals surface area (Å²) < 4.78 is 13.1. The van der Waals surface area contributed by atoms with Gasteiger partial charge >= 0.3 is 0 Å². The van der Waals surface area contributed by atoms with E-state index in [4.69, 9.17) is 11.6 Å². The van der Waals surface area contributed by atoms with Crippen LogP contribution >= 0.6 is 11.6 Å². The van der Waals surface area contributed by atoms with Crippen molar-refractivity contribution >= 4 is 17.3 Å². The van der Waals surface area contributed by atoms with Crippen LogP contribution in [0, 0.1) is 17.7 Å². The third-order valence-electron chi connectivity index (χ3n) is 4.25. The molecule has 0 aromatic heterocycles. The van der Waals surface area contributed by atoms with Gasteiger partial charge in [-0.15, -0.1) is 0 Å². The third kappa shape index (κ3) is 4.10. The third-order valence-corrected chi connectivity index (χ3v) is 4.54.